The molecule has 1 atom stereocenters. The van der Waals surface area contributed by atoms with Gasteiger partial charge in [0.1, 0.15) is 5.78 Å². The molecule has 0 amide bonds. The highest BCUT2D eigenvalue weighted by atomic mass is 16.3. The fourth-order valence-corrected chi connectivity index (χ4v) is 4.01. The smallest absolute Gasteiger partial charge is 0.136 e. The maximum absolute atomic E-state index is 11.2. The first-order valence-corrected chi connectivity index (χ1v) is 13.5. The van der Waals surface area contributed by atoms with E-state index in [1.54, 1.807) is 0 Å². The Morgan fingerprint density at radius 1 is 0.633 bits per heavy atom. The third-order valence-corrected chi connectivity index (χ3v) is 6.21. The van der Waals surface area contributed by atoms with E-state index >= 15 is 0 Å². The van der Waals surface area contributed by atoms with Crippen LogP contribution in [0.4, 0.5) is 0 Å². The zero-order valence-electron chi connectivity index (χ0n) is 20.6. The second-order valence-corrected chi connectivity index (χ2v) is 9.24. The van der Waals surface area contributed by atoms with Crippen molar-refractivity contribution in [3.63, 3.8) is 0 Å². The van der Waals surface area contributed by atoms with E-state index in [9.17, 15) is 9.90 Å². The van der Waals surface area contributed by atoms with Gasteiger partial charge in [-0.3, -0.25) is 4.79 Å². The van der Waals surface area contributed by atoms with Crippen molar-refractivity contribution < 1.29 is 9.90 Å². The van der Waals surface area contributed by atoms with Gasteiger partial charge in [0.25, 0.3) is 0 Å². The lowest BCUT2D eigenvalue weighted by Crippen LogP contribution is -2.05. The summed E-state index contributed by atoms with van der Waals surface area (Å²) in [6.45, 7) is 4.15. The predicted molar refractivity (Wildman–Crippen MR) is 133 cm³/mol. The van der Waals surface area contributed by atoms with Crippen molar-refractivity contribution in [1.82, 2.24) is 0 Å². The normalized spacial score (nSPS) is 12.6. The van der Waals surface area contributed by atoms with Crippen LogP contribution in [0.15, 0.2) is 12.2 Å². The molecule has 2 nitrogen and oxygen atoms in total. The molecule has 0 saturated carbocycles. The quantitative estimate of drug-likeness (QED) is 0.124. The molecule has 0 aromatic heterocycles. The lowest BCUT2D eigenvalue weighted by Gasteiger charge is -2.09. The summed E-state index contributed by atoms with van der Waals surface area (Å²) in [5.74, 6) is 0.343. The van der Waals surface area contributed by atoms with E-state index in [-0.39, 0.29) is 6.10 Å². The van der Waals surface area contributed by atoms with Gasteiger partial charge in [-0.15, -0.1) is 0 Å². The molecule has 0 bridgehead atoms. The Hall–Kier alpha value is -0.630. The number of hydrogen-bond donors (Lipinski definition) is 1. The summed E-state index contributed by atoms with van der Waals surface area (Å²) in [7, 11) is 0. The Labute approximate surface area is 189 Å². The zero-order chi connectivity index (χ0) is 22.1. The molecule has 0 aromatic rings. The summed E-state index contributed by atoms with van der Waals surface area (Å²) in [6, 6.07) is 0. The minimum atomic E-state index is -0.0455. The number of rotatable bonds is 24. The number of hydrogen-bond acceptors (Lipinski definition) is 2. The van der Waals surface area contributed by atoms with Crippen molar-refractivity contribution in [2.24, 2.45) is 0 Å². The van der Waals surface area contributed by atoms with Crippen molar-refractivity contribution in [1.29, 1.82) is 0 Å². The lowest BCUT2D eigenvalue weighted by atomic mass is 10.0. The van der Waals surface area contributed by atoms with Crippen molar-refractivity contribution in [2.75, 3.05) is 0 Å². The van der Waals surface area contributed by atoms with Gasteiger partial charge in [-0.05, 0) is 25.7 Å². The predicted octanol–water partition coefficient (Wildman–Crippen LogP) is 9.09. The molecule has 0 aromatic carbocycles. The monoisotopic (exact) mass is 422 g/mol. The molecular weight excluding hydrogens is 368 g/mol. The van der Waals surface area contributed by atoms with Crippen molar-refractivity contribution >= 4 is 5.78 Å². The number of aliphatic hydroxyl groups is 1. The third-order valence-electron chi connectivity index (χ3n) is 6.21. The molecular formula is C28H54O2. The minimum absolute atomic E-state index is 0.0455. The van der Waals surface area contributed by atoms with Crippen LogP contribution in [0.5, 0.6) is 0 Å². The second kappa shape index (κ2) is 24.6. The number of carbonyl (C=O) groups is 1. The van der Waals surface area contributed by atoms with Crippen molar-refractivity contribution in [3.8, 4) is 0 Å². The molecule has 30 heavy (non-hydrogen) atoms. The Bertz CT molecular complexity index is 375. The van der Waals surface area contributed by atoms with E-state index in [4.69, 9.17) is 0 Å². The number of ketones is 1. The second-order valence-electron chi connectivity index (χ2n) is 9.24. The maximum Gasteiger partial charge on any atom is 0.136 e. The first-order chi connectivity index (χ1) is 14.7. The number of unbranched alkanes of at least 4 members (excludes halogenated alkanes) is 16. The van der Waals surface area contributed by atoms with Gasteiger partial charge in [0, 0.05) is 12.8 Å². The Kier molecular flexibility index (Phi) is 24.1. The van der Waals surface area contributed by atoms with E-state index in [2.05, 4.69) is 13.0 Å². The Balaban J connectivity index is 3.14. The van der Waals surface area contributed by atoms with Crippen molar-refractivity contribution in [3.05, 3.63) is 12.2 Å². The standard InChI is InChI=1S/C28H54O2/c1-3-5-21-25-28(30)26-23-20-18-16-14-12-10-8-6-7-9-11-13-15-17-19-22-24-27(29)4-2/h19,22,28,30H,3-18,20-21,23-26H2,1-2H3/b22-19+. The van der Waals surface area contributed by atoms with Crippen LogP contribution in [-0.4, -0.2) is 17.0 Å². The lowest BCUT2D eigenvalue weighted by molar-refractivity contribution is -0.117. The van der Waals surface area contributed by atoms with Crippen molar-refractivity contribution in [2.45, 2.75) is 161 Å². The van der Waals surface area contributed by atoms with Crippen LogP contribution in [0.3, 0.4) is 0 Å². The molecule has 0 saturated heterocycles. The summed E-state index contributed by atoms with van der Waals surface area (Å²) in [4.78, 5) is 11.2. The SMILES string of the molecule is CCCCCC(O)CCCCCCCCCCCCCCCC/C=C/CC(=O)CC. The van der Waals surface area contributed by atoms with Gasteiger partial charge < -0.3 is 5.11 Å². The van der Waals surface area contributed by atoms with Gasteiger partial charge in [0.05, 0.1) is 6.10 Å². The van der Waals surface area contributed by atoms with Crippen LogP contribution >= 0.6 is 0 Å². The molecule has 0 aliphatic carbocycles. The Morgan fingerprint density at radius 2 is 1.07 bits per heavy atom. The fraction of sp³-hybridized carbons (Fsp3) is 0.893. The first-order valence-electron chi connectivity index (χ1n) is 13.5. The number of aliphatic hydroxyl groups excluding tert-OH is 1. The largest absolute Gasteiger partial charge is 0.393 e. The van der Waals surface area contributed by atoms with Gasteiger partial charge in [0.15, 0.2) is 0 Å². The minimum Gasteiger partial charge on any atom is -0.393 e. The molecule has 0 rings (SSSR count). The third kappa shape index (κ3) is 23.6. The van der Waals surface area contributed by atoms with E-state index < -0.39 is 0 Å². The highest BCUT2D eigenvalue weighted by Gasteiger charge is 2.03. The highest BCUT2D eigenvalue weighted by molar-refractivity contribution is 5.79. The fourth-order valence-electron chi connectivity index (χ4n) is 4.01. The average Bonchev–Trinajstić information content (AvgIpc) is 2.75. The maximum atomic E-state index is 11.2. The zero-order valence-corrected chi connectivity index (χ0v) is 20.6. The van der Waals surface area contributed by atoms with Crippen LogP contribution in [0.2, 0.25) is 0 Å². The molecule has 0 fully saturated rings. The topological polar surface area (TPSA) is 37.3 Å². The van der Waals surface area contributed by atoms with Gasteiger partial charge in [-0.2, -0.15) is 0 Å². The van der Waals surface area contributed by atoms with Crippen LogP contribution in [-0.2, 0) is 4.79 Å². The van der Waals surface area contributed by atoms with E-state index in [0.717, 1.165) is 19.3 Å². The van der Waals surface area contributed by atoms with Crippen LogP contribution in [0.1, 0.15) is 155 Å². The number of allylic oxidation sites excluding steroid dienone is 2. The molecule has 0 spiro atoms. The molecule has 0 radical (unpaired) electrons. The average molecular weight is 423 g/mol. The molecule has 1 unspecified atom stereocenters. The van der Waals surface area contributed by atoms with Gasteiger partial charge in [-0.1, -0.05) is 129 Å². The molecule has 1 N–H and O–H groups in total. The van der Waals surface area contributed by atoms with Crippen LogP contribution in [0, 0.1) is 0 Å². The summed E-state index contributed by atoms with van der Waals surface area (Å²) < 4.78 is 0. The van der Waals surface area contributed by atoms with Crippen LogP contribution < -0.4 is 0 Å². The number of carbonyl (C=O) groups excluding carboxylic acids is 1. The van der Waals surface area contributed by atoms with E-state index in [1.165, 1.54) is 109 Å². The molecule has 0 heterocycles. The van der Waals surface area contributed by atoms with Gasteiger partial charge in [0.2, 0.25) is 0 Å². The summed E-state index contributed by atoms with van der Waals surface area (Å²) in [5.41, 5.74) is 0. The highest BCUT2D eigenvalue weighted by Crippen LogP contribution is 2.15. The first kappa shape index (κ1) is 29.4. The Morgan fingerprint density at radius 3 is 1.53 bits per heavy atom. The van der Waals surface area contributed by atoms with Gasteiger partial charge in [-0.25, -0.2) is 0 Å². The molecule has 0 aliphatic heterocycles. The summed E-state index contributed by atoms with van der Waals surface area (Å²) >= 11 is 0. The van der Waals surface area contributed by atoms with Gasteiger partial charge >= 0.3 is 0 Å². The summed E-state index contributed by atoms with van der Waals surface area (Å²) in [5, 5.41) is 9.92. The summed E-state index contributed by atoms with van der Waals surface area (Å²) in [6.07, 6.45) is 31.4. The van der Waals surface area contributed by atoms with E-state index in [0.29, 0.717) is 18.6 Å². The number of Topliss-reactive ketones (excluding diaryl/α,β-unsaturated/α-hetero) is 1. The van der Waals surface area contributed by atoms with E-state index in [1.807, 2.05) is 13.0 Å². The molecule has 2 heteroatoms. The molecule has 0 aliphatic rings. The molecule has 178 valence electrons. The van der Waals surface area contributed by atoms with Crippen LogP contribution in [0.25, 0.3) is 0 Å².